The normalized spacial score (nSPS) is 10.6. The largest absolute Gasteiger partial charge is 0.323 e. The first-order chi connectivity index (χ1) is 13.2. The van der Waals surface area contributed by atoms with Gasteiger partial charge < -0.3 is 15.2 Å². The van der Waals surface area contributed by atoms with Gasteiger partial charge in [-0.05, 0) is 48.9 Å². The highest BCUT2D eigenvalue weighted by Crippen LogP contribution is 2.24. The summed E-state index contributed by atoms with van der Waals surface area (Å²) < 4.78 is 3.71. The Balaban J connectivity index is 1.65. The number of aromatic nitrogens is 3. The summed E-state index contributed by atoms with van der Waals surface area (Å²) in [6, 6.07) is 21.0. The molecule has 134 valence electrons. The van der Waals surface area contributed by atoms with E-state index in [0.29, 0.717) is 5.69 Å². The van der Waals surface area contributed by atoms with Crippen LogP contribution in [0.2, 0.25) is 0 Å². The number of rotatable bonds is 4. The molecule has 2 heterocycles. The van der Waals surface area contributed by atoms with E-state index in [4.69, 9.17) is 0 Å². The second-order valence-electron chi connectivity index (χ2n) is 6.17. The van der Waals surface area contributed by atoms with Crippen molar-refractivity contribution in [2.24, 2.45) is 0 Å². The van der Waals surface area contributed by atoms with Crippen LogP contribution in [0.15, 0.2) is 85.3 Å². The quantitative estimate of drug-likeness (QED) is 0.560. The third kappa shape index (κ3) is 3.59. The molecule has 2 aromatic heterocycles. The molecule has 0 aliphatic carbocycles. The Morgan fingerprint density at radius 3 is 2.44 bits per heavy atom. The molecule has 4 aromatic rings. The summed E-state index contributed by atoms with van der Waals surface area (Å²) >= 11 is 0. The molecule has 0 fully saturated rings. The number of carbonyl (C=O) groups excluding carboxylic acids is 1. The molecule has 0 aliphatic rings. The van der Waals surface area contributed by atoms with Gasteiger partial charge in [-0.2, -0.15) is 5.10 Å². The molecule has 6 nitrogen and oxygen atoms in total. The Kier molecular flexibility index (Phi) is 4.45. The Hall–Kier alpha value is -3.80. The van der Waals surface area contributed by atoms with Gasteiger partial charge in [0, 0.05) is 18.1 Å². The fourth-order valence-corrected chi connectivity index (χ4v) is 2.92. The van der Waals surface area contributed by atoms with Crippen molar-refractivity contribution in [3.8, 4) is 11.5 Å². The third-order valence-corrected chi connectivity index (χ3v) is 4.12. The summed E-state index contributed by atoms with van der Waals surface area (Å²) in [4.78, 5) is 12.5. The van der Waals surface area contributed by atoms with Gasteiger partial charge in [-0.25, -0.2) is 9.48 Å². The van der Waals surface area contributed by atoms with Crippen molar-refractivity contribution >= 4 is 17.4 Å². The zero-order chi connectivity index (χ0) is 18.6. The number of para-hydroxylation sites is 1. The standard InChI is InChI=1S/C21H19N5O/c1-16-8-7-9-17(14-16)23-21(27)24-19-15-22-26(18-10-3-2-4-11-18)20(19)25-12-5-6-13-25/h2-15H,1H3,(H2,23,24,27). The Morgan fingerprint density at radius 1 is 0.926 bits per heavy atom. The van der Waals surface area contributed by atoms with Crippen LogP contribution in [-0.4, -0.2) is 20.4 Å². The molecule has 0 radical (unpaired) electrons. The topological polar surface area (TPSA) is 63.9 Å². The van der Waals surface area contributed by atoms with Gasteiger partial charge in [0.25, 0.3) is 0 Å². The van der Waals surface area contributed by atoms with Crippen LogP contribution in [-0.2, 0) is 0 Å². The molecule has 6 heteroatoms. The maximum atomic E-state index is 12.5. The molecule has 0 spiro atoms. The van der Waals surface area contributed by atoms with Crippen LogP contribution in [0.5, 0.6) is 0 Å². The van der Waals surface area contributed by atoms with E-state index in [-0.39, 0.29) is 6.03 Å². The third-order valence-electron chi connectivity index (χ3n) is 4.12. The number of nitrogens with zero attached hydrogens (tertiary/aromatic N) is 3. The van der Waals surface area contributed by atoms with Crippen molar-refractivity contribution in [2.75, 3.05) is 10.6 Å². The van der Waals surface area contributed by atoms with Gasteiger partial charge in [0.2, 0.25) is 0 Å². The van der Waals surface area contributed by atoms with Crippen LogP contribution < -0.4 is 10.6 Å². The monoisotopic (exact) mass is 357 g/mol. The minimum Gasteiger partial charge on any atom is -0.308 e. The van der Waals surface area contributed by atoms with Crippen LogP contribution in [0.4, 0.5) is 16.2 Å². The van der Waals surface area contributed by atoms with E-state index in [9.17, 15) is 4.79 Å². The molecule has 27 heavy (non-hydrogen) atoms. The molecular weight excluding hydrogens is 338 g/mol. The Morgan fingerprint density at radius 2 is 1.70 bits per heavy atom. The first-order valence-corrected chi connectivity index (χ1v) is 8.62. The molecular formula is C21H19N5O. The highest BCUT2D eigenvalue weighted by atomic mass is 16.2. The molecule has 2 N–H and O–H groups in total. The van der Waals surface area contributed by atoms with Gasteiger partial charge in [0.05, 0.1) is 11.9 Å². The maximum absolute atomic E-state index is 12.5. The molecule has 0 unspecified atom stereocenters. The number of amides is 2. The predicted molar refractivity (Wildman–Crippen MR) is 107 cm³/mol. The fraction of sp³-hybridized carbons (Fsp3) is 0.0476. The lowest BCUT2D eigenvalue weighted by atomic mass is 10.2. The highest BCUT2D eigenvalue weighted by molar-refractivity contribution is 6.00. The second-order valence-corrected chi connectivity index (χ2v) is 6.17. The maximum Gasteiger partial charge on any atom is 0.323 e. The van der Waals surface area contributed by atoms with Crippen LogP contribution in [0.1, 0.15) is 5.56 Å². The number of hydrogen-bond acceptors (Lipinski definition) is 2. The van der Waals surface area contributed by atoms with Crippen molar-refractivity contribution in [1.29, 1.82) is 0 Å². The lowest BCUT2D eigenvalue weighted by Gasteiger charge is -2.12. The number of urea groups is 1. The predicted octanol–water partition coefficient (Wildman–Crippen LogP) is 4.62. The number of benzene rings is 2. The van der Waals surface area contributed by atoms with Crippen LogP contribution in [0, 0.1) is 6.92 Å². The van der Waals surface area contributed by atoms with E-state index in [1.807, 2.05) is 90.6 Å². The number of carbonyl (C=O) groups is 1. The van der Waals surface area contributed by atoms with Crippen molar-refractivity contribution in [3.63, 3.8) is 0 Å². The molecule has 2 aromatic carbocycles. The molecule has 0 bridgehead atoms. The second kappa shape index (κ2) is 7.21. The smallest absolute Gasteiger partial charge is 0.308 e. The number of nitrogens with one attached hydrogen (secondary N) is 2. The van der Waals surface area contributed by atoms with Gasteiger partial charge in [0.1, 0.15) is 5.69 Å². The minimum absolute atomic E-state index is 0.318. The number of aryl methyl sites for hydroxylation is 1. The van der Waals surface area contributed by atoms with Crippen LogP contribution in [0.25, 0.3) is 11.5 Å². The van der Waals surface area contributed by atoms with E-state index in [2.05, 4.69) is 15.7 Å². The molecule has 4 rings (SSSR count). The van der Waals surface area contributed by atoms with Gasteiger partial charge >= 0.3 is 6.03 Å². The molecule has 2 amide bonds. The van der Waals surface area contributed by atoms with Gasteiger partial charge in [-0.15, -0.1) is 0 Å². The summed E-state index contributed by atoms with van der Waals surface area (Å²) in [5, 5.41) is 10.2. The zero-order valence-electron chi connectivity index (χ0n) is 14.8. The zero-order valence-corrected chi connectivity index (χ0v) is 14.8. The number of hydrogen-bond donors (Lipinski definition) is 2. The fourth-order valence-electron chi connectivity index (χ4n) is 2.92. The van der Waals surface area contributed by atoms with Crippen molar-refractivity contribution < 1.29 is 4.79 Å². The Bertz CT molecular complexity index is 1050. The van der Waals surface area contributed by atoms with Crippen molar-refractivity contribution in [1.82, 2.24) is 14.3 Å². The first-order valence-electron chi connectivity index (χ1n) is 8.62. The SMILES string of the molecule is Cc1cccc(NC(=O)Nc2cnn(-c3ccccc3)c2-n2cccc2)c1. The minimum atomic E-state index is -0.318. The van der Waals surface area contributed by atoms with Crippen molar-refractivity contribution in [2.45, 2.75) is 6.92 Å². The molecule has 0 aliphatic heterocycles. The van der Waals surface area contributed by atoms with E-state index < -0.39 is 0 Å². The summed E-state index contributed by atoms with van der Waals surface area (Å²) in [6.45, 7) is 1.98. The first kappa shape index (κ1) is 16.7. The molecule has 0 atom stereocenters. The van der Waals surface area contributed by atoms with E-state index in [1.165, 1.54) is 0 Å². The summed E-state index contributed by atoms with van der Waals surface area (Å²) in [7, 11) is 0. The van der Waals surface area contributed by atoms with Gasteiger partial charge in [0.15, 0.2) is 5.82 Å². The highest BCUT2D eigenvalue weighted by Gasteiger charge is 2.16. The average molecular weight is 357 g/mol. The van der Waals surface area contributed by atoms with E-state index >= 15 is 0 Å². The van der Waals surface area contributed by atoms with Gasteiger partial charge in [-0.3, -0.25) is 0 Å². The van der Waals surface area contributed by atoms with Gasteiger partial charge in [-0.1, -0.05) is 30.3 Å². The van der Waals surface area contributed by atoms with E-state index in [1.54, 1.807) is 10.9 Å². The van der Waals surface area contributed by atoms with Crippen molar-refractivity contribution in [3.05, 3.63) is 90.9 Å². The summed E-state index contributed by atoms with van der Waals surface area (Å²) in [5.74, 6) is 0.755. The Labute approximate surface area is 157 Å². The number of anilines is 2. The van der Waals surface area contributed by atoms with E-state index in [0.717, 1.165) is 22.8 Å². The lowest BCUT2D eigenvalue weighted by molar-refractivity contribution is 0.262. The summed E-state index contributed by atoms with van der Waals surface area (Å²) in [6.07, 6.45) is 5.48. The van der Waals surface area contributed by atoms with Crippen LogP contribution >= 0.6 is 0 Å². The molecule has 0 saturated carbocycles. The van der Waals surface area contributed by atoms with Crippen LogP contribution in [0.3, 0.4) is 0 Å². The molecule has 0 saturated heterocycles. The lowest BCUT2D eigenvalue weighted by Crippen LogP contribution is -2.20. The summed E-state index contributed by atoms with van der Waals surface area (Å²) in [5.41, 5.74) is 3.34. The average Bonchev–Trinajstić information content (AvgIpc) is 3.32.